The van der Waals surface area contributed by atoms with Crippen molar-refractivity contribution in [3.8, 4) is 17.1 Å². The minimum Gasteiger partial charge on any atom is -0.368 e. The number of hydrogen-bond donors (Lipinski definition) is 0. The molecule has 9 nitrogen and oxygen atoms in total. The van der Waals surface area contributed by atoms with Crippen LogP contribution in [0.15, 0.2) is 66.9 Å². The van der Waals surface area contributed by atoms with Gasteiger partial charge in [-0.05, 0) is 61.4 Å². The van der Waals surface area contributed by atoms with Gasteiger partial charge in [-0.15, -0.1) is 0 Å². The molecule has 0 N–H and O–H groups in total. The first-order chi connectivity index (χ1) is 17.3. The summed E-state index contributed by atoms with van der Waals surface area (Å²) in [7, 11) is 1.96. The highest BCUT2D eigenvalue weighted by molar-refractivity contribution is 5.94. The van der Waals surface area contributed by atoms with E-state index in [0.29, 0.717) is 31.9 Å². The van der Waals surface area contributed by atoms with E-state index in [1.54, 1.807) is 16.8 Å². The molecule has 1 fully saturated rings. The quantitative estimate of drug-likeness (QED) is 0.310. The van der Waals surface area contributed by atoms with Crippen LogP contribution in [0.4, 0.5) is 11.4 Å². The standard InChI is InChI=1S/C27H28N6O3/c1-19-6-7-20(2)25(17-19)32-26(18-23(28-32)24-5-4-12-29(24)3)27(34)31-15-13-30(14-16-31)21-8-10-22(11-9-21)33(35)36/h4-12,17-18H,13-16H2,1-3H3. The SMILES string of the molecule is Cc1ccc(C)c(-n2nc(-c3cccn3C)cc2C(=O)N2CCN(c3ccc([N+](=O)[O-])cc3)CC2)c1. The predicted octanol–water partition coefficient (Wildman–Crippen LogP) is 4.37. The van der Waals surface area contributed by atoms with Gasteiger partial charge in [0.2, 0.25) is 0 Å². The number of non-ortho nitro benzene ring substituents is 1. The van der Waals surface area contributed by atoms with Gasteiger partial charge in [-0.2, -0.15) is 5.10 Å². The lowest BCUT2D eigenvalue weighted by atomic mass is 10.1. The Morgan fingerprint density at radius 3 is 2.33 bits per heavy atom. The second-order valence-corrected chi connectivity index (χ2v) is 9.17. The first-order valence-electron chi connectivity index (χ1n) is 11.9. The summed E-state index contributed by atoms with van der Waals surface area (Å²) in [6, 6.07) is 18.5. The van der Waals surface area contributed by atoms with Gasteiger partial charge in [0.15, 0.2) is 0 Å². The summed E-state index contributed by atoms with van der Waals surface area (Å²) in [5.41, 5.74) is 6.24. The smallest absolute Gasteiger partial charge is 0.272 e. The highest BCUT2D eigenvalue weighted by Gasteiger charge is 2.27. The van der Waals surface area contributed by atoms with E-state index < -0.39 is 4.92 Å². The molecule has 2 aromatic carbocycles. The van der Waals surface area contributed by atoms with E-state index >= 15 is 0 Å². The number of nitro benzene ring substituents is 1. The Bertz CT molecular complexity index is 1430. The topological polar surface area (TPSA) is 89.4 Å². The monoisotopic (exact) mass is 484 g/mol. The number of benzene rings is 2. The lowest BCUT2D eigenvalue weighted by molar-refractivity contribution is -0.384. The molecule has 5 rings (SSSR count). The Morgan fingerprint density at radius 1 is 0.972 bits per heavy atom. The molecule has 0 atom stereocenters. The van der Waals surface area contributed by atoms with Crippen molar-refractivity contribution in [3.63, 3.8) is 0 Å². The van der Waals surface area contributed by atoms with E-state index in [1.807, 2.05) is 60.8 Å². The van der Waals surface area contributed by atoms with Gasteiger partial charge >= 0.3 is 0 Å². The number of aromatic nitrogens is 3. The number of hydrogen-bond acceptors (Lipinski definition) is 5. The molecule has 184 valence electrons. The summed E-state index contributed by atoms with van der Waals surface area (Å²) in [4.78, 5) is 28.3. The van der Waals surface area contributed by atoms with Gasteiger partial charge in [-0.1, -0.05) is 12.1 Å². The van der Waals surface area contributed by atoms with E-state index in [0.717, 1.165) is 33.9 Å². The van der Waals surface area contributed by atoms with Crippen molar-refractivity contribution in [1.82, 2.24) is 19.2 Å². The van der Waals surface area contributed by atoms with Crippen LogP contribution >= 0.6 is 0 Å². The first kappa shape index (κ1) is 23.3. The molecule has 0 spiro atoms. The number of amides is 1. The van der Waals surface area contributed by atoms with Gasteiger partial charge in [0.05, 0.1) is 16.3 Å². The van der Waals surface area contributed by atoms with Crippen LogP contribution in [0.25, 0.3) is 17.1 Å². The third-order valence-corrected chi connectivity index (χ3v) is 6.72. The van der Waals surface area contributed by atoms with Crippen molar-refractivity contribution in [3.05, 3.63) is 93.8 Å². The molecule has 0 unspecified atom stereocenters. The third kappa shape index (κ3) is 4.35. The van der Waals surface area contributed by atoms with Crippen molar-refractivity contribution >= 4 is 17.3 Å². The molecule has 1 saturated heterocycles. The van der Waals surface area contributed by atoms with Gasteiger partial charge in [-0.3, -0.25) is 14.9 Å². The second-order valence-electron chi connectivity index (χ2n) is 9.17. The van der Waals surface area contributed by atoms with Gasteiger partial charge in [0.1, 0.15) is 11.4 Å². The lowest BCUT2D eigenvalue weighted by Crippen LogP contribution is -2.49. The Kier molecular flexibility index (Phi) is 6.05. The highest BCUT2D eigenvalue weighted by Crippen LogP contribution is 2.26. The predicted molar refractivity (Wildman–Crippen MR) is 139 cm³/mol. The van der Waals surface area contributed by atoms with Crippen LogP contribution in [0.5, 0.6) is 0 Å². The number of nitro groups is 1. The fourth-order valence-electron chi connectivity index (χ4n) is 4.63. The minimum absolute atomic E-state index is 0.0628. The molecule has 0 aliphatic carbocycles. The molecule has 0 saturated carbocycles. The van der Waals surface area contributed by atoms with Gasteiger partial charge in [-0.25, -0.2) is 4.68 Å². The number of anilines is 1. The normalized spacial score (nSPS) is 13.8. The number of piperazine rings is 1. The summed E-state index contributed by atoms with van der Waals surface area (Å²) >= 11 is 0. The van der Waals surface area contributed by atoms with Crippen LogP contribution in [-0.4, -0.2) is 56.3 Å². The van der Waals surface area contributed by atoms with Crippen LogP contribution in [0, 0.1) is 24.0 Å². The second kappa shape index (κ2) is 9.33. The summed E-state index contributed by atoms with van der Waals surface area (Å²) in [6.07, 6.45) is 1.96. The van der Waals surface area contributed by atoms with E-state index in [-0.39, 0.29) is 11.6 Å². The van der Waals surface area contributed by atoms with Gasteiger partial charge in [0.25, 0.3) is 11.6 Å². The van der Waals surface area contributed by atoms with E-state index in [9.17, 15) is 14.9 Å². The van der Waals surface area contributed by atoms with Crippen LogP contribution in [-0.2, 0) is 7.05 Å². The average Bonchev–Trinajstić information content (AvgIpc) is 3.51. The van der Waals surface area contributed by atoms with Crippen molar-refractivity contribution in [2.24, 2.45) is 7.05 Å². The minimum atomic E-state index is -0.400. The number of carbonyl (C=O) groups is 1. The highest BCUT2D eigenvalue weighted by atomic mass is 16.6. The average molecular weight is 485 g/mol. The summed E-state index contributed by atoms with van der Waals surface area (Å²) in [5, 5.41) is 15.8. The molecule has 1 amide bonds. The Labute approximate surface area is 209 Å². The molecule has 36 heavy (non-hydrogen) atoms. The number of aryl methyl sites for hydroxylation is 3. The Hall–Kier alpha value is -4.40. The zero-order valence-electron chi connectivity index (χ0n) is 20.6. The number of rotatable bonds is 5. The van der Waals surface area contributed by atoms with Crippen molar-refractivity contribution in [1.29, 1.82) is 0 Å². The molecule has 9 heteroatoms. The van der Waals surface area contributed by atoms with E-state index in [1.165, 1.54) is 12.1 Å². The lowest BCUT2D eigenvalue weighted by Gasteiger charge is -2.36. The van der Waals surface area contributed by atoms with Crippen LogP contribution < -0.4 is 4.90 Å². The van der Waals surface area contributed by atoms with Crippen LogP contribution in [0.2, 0.25) is 0 Å². The first-order valence-corrected chi connectivity index (χ1v) is 11.9. The van der Waals surface area contributed by atoms with E-state index in [4.69, 9.17) is 5.10 Å². The van der Waals surface area contributed by atoms with Gasteiger partial charge < -0.3 is 14.4 Å². The summed E-state index contributed by atoms with van der Waals surface area (Å²) in [6.45, 7) is 6.44. The maximum Gasteiger partial charge on any atom is 0.272 e. The van der Waals surface area contributed by atoms with Crippen molar-refractivity contribution in [2.75, 3.05) is 31.1 Å². The van der Waals surface area contributed by atoms with E-state index in [2.05, 4.69) is 17.0 Å². The molecular weight excluding hydrogens is 456 g/mol. The molecule has 0 radical (unpaired) electrons. The fraction of sp³-hybridized carbons (Fsp3) is 0.259. The number of nitrogens with zero attached hydrogens (tertiary/aromatic N) is 6. The zero-order valence-corrected chi connectivity index (χ0v) is 20.6. The molecule has 0 bridgehead atoms. The molecule has 2 aromatic heterocycles. The molecule has 3 heterocycles. The van der Waals surface area contributed by atoms with Crippen molar-refractivity contribution < 1.29 is 9.72 Å². The maximum atomic E-state index is 13.8. The summed E-state index contributed by atoms with van der Waals surface area (Å²) in [5.74, 6) is -0.0628. The van der Waals surface area contributed by atoms with Crippen LogP contribution in [0.1, 0.15) is 21.6 Å². The zero-order chi connectivity index (χ0) is 25.4. The molecular formula is C27H28N6O3. The fourth-order valence-corrected chi connectivity index (χ4v) is 4.63. The largest absolute Gasteiger partial charge is 0.368 e. The van der Waals surface area contributed by atoms with Crippen molar-refractivity contribution in [2.45, 2.75) is 13.8 Å². The molecule has 1 aliphatic heterocycles. The summed E-state index contributed by atoms with van der Waals surface area (Å²) < 4.78 is 3.77. The Morgan fingerprint density at radius 2 is 1.69 bits per heavy atom. The van der Waals surface area contributed by atoms with Gasteiger partial charge in [0, 0.05) is 57.2 Å². The maximum absolute atomic E-state index is 13.8. The third-order valence-electron chi connectivity index (χ3n) is 6.72. The van der Waals surface area contributed by atoms with Crippen LogP contribution in [0.3, 0.4) is 0 Å². The molecule has 1 aliphatic rings. The molecule has 4 aromatic rings. The number of carbonyl (C=O) groups excluding carboxylic acids is 1. The Balaban J connectivity index is 1.42.